The molecule has 44 heavy (non-hydrogen) atoms. The molecule has 5 fully saturated rings. The molecule has 0 spiro atoms. The smallest absolute Gasteiger partial charge is 0.309 e. The monoisotopic (exact) mass is 627 g/mol. The van der Waals surface area contributed by atoms with Crippen LogP contribution in [0.2, 0.25) is 13.1 Å². The van der Waals surface area contributed by atoms with Crippen molar-refractivity contribution in [2.24, 2.45) is 67.5 Å². The lowest BCUT2D eigenvalue weighted by atomic mass is 9.30. The van der Waals surface area contributed by atoms with Crippen molar-refractivity contribution in [3.05, 3.63) is 12.2 Å². The zero-order chi connectivity index (χ0) is 33.1. The van der Waals surface area contributed by atoms with Crippen LogP contribution in [0.15, 0.2) is 12.2 Å². The Bertz CT molecular complexity index is 1160. The van der Waals surface area contributed by atoms with Gasteiger partial charge in [-0.25, -0.2) is 0 Å². The van der Waals surface area contributed by atoms with E-state index in [0.717, 1.165) is 32.1 Å². The first kappa shape index (κ1) is 34.7. The summed E-state index contributed by atoms with van der Waals surface area (Å²) in [6.07, 6.45) is 12.4. The average molecular weight is 627 g/mol. The van der Waals surface area contributed by atoms with Crippen LogP contribution >= 0.6 is 0 Å². The van der Waals surface area contributed by atoms with Crippen LogP contribution < -0.4 is 0 Å². The van der Waals surface area contributed by atoms with Gasteiger partial charge in [0, 0.05) is 0 Å². The molecule has 0 aliphatic heterocycles. The van der Waals surface area contributed by atoms with Crippen LogP contribution in [0.1, 0.15) is 147 Å². The molecular weight excluding hydrogens is 557 g/mol. The van der Waals surface area contributed by atoms with Gasteiger partial charge in [0.2, 0.25) is 0 Å². The summed E-state index contributed by atoms with van der Waals surface area (Å²) in [5, 5.41) is 10.8. The fraction of sp³-hybridized carbons (Fsp3) is 0.925. The Kier molecular flexibility index (Phi) is 8.24. The molecule has 11 atom stereocenters. The van der Waals surface area contributed by atoms with E-state index < -0.39 is 20.4 Å². The summed E-state index contributed by atoms with van der Waals surface area (Å²) in [6, 6.07) is 0. The predicted octanol–water partition coefficient (Wildman–Crippen LogP) is 10.9. The molecular formula is C40H70O3Si. The molecule has 0 bridgehead atoms. The molecule has 5 saturated carbocycles. The van der Waals surface area contributed by atoms with Gasteiger partial charge in [0.05, 0.1) is 11.0 Å². The summed E-state index contributed by atoms with van der Waals surface area (Å²) >= 11 is 0. The minimum absolute atomic E-state index is 0.0690. The first-order chi connectivity index (χ1) is 20.0. The van der Waals surface area contributed by atoms with Crippen LogP contribution in [0.4, 0.5) is 0 Å². The molecule has 5 rings (SSSR count). The van der Waals surface area contributed by atoms with Crippen LogP contribution in [-0.2, 0) is 9.22 Å². The lowest BCUT2D eigenvalue weighted by Gasteiger charge is -2.76. The van der Waals surface area contributed by atoms with E-state index in [2.05, 4.69) is 95.8 Å². The standard InChI is InChI=1S/C40H70O3Si/c1-26(2)27-17-20-39(32(41)42)23-22-36(10)28(31(27)39)15-16-29-35(9)21-24-40(34(6,7)8,43-44(13)14)38(12,25-33(3,4)5)30(35)18-19-37(29,36)11/h27-31,44H,1,15-25H2,2-14H3,(H,41,42)/t27-,28+,29+,30+,31+,35+,36+,37+,38?,39-,40?/m0/s1. The maximum Gasteiger partial charge on any atom is 0.309 e. The molecule has 0 aromatic rings. The largest absolute Gasteiger partial charge is 0.481 e. The van der Waals surface area contributed by atoms with Crippen LogP contribution in [0.3, 0.4) is 0 Å². The molecule has 0 saturated heterocycles. The Labute approximate surface area is 273 Å². The number of aliphatic carboxylic acids is 1. The lowest BCUT2D eigenvalue weighted by Crippen LogP contribution is -2.72. The van der Waals surface area contributed by atoms with E-state index in [1.807, 2.05) is 0 Å². The van der Waals surface area contributed by atoms with Gasteiger partial charge >= 0.3 is 5.97 Å². The number of carbonyl (C=O) groups is 1. The van der Waals surface area contributed by atoms with Crippen molar-refractivity contribution in [2.75, 3.05) is 0 Å². The molecule has 0 aromatic carbocycles. The number of hydrogen-bond donors (Lipinski definition) is 1. The van der Waals surface area contributed by atoms with Crippen LogP contribution in [0, 0.1) is 67.5 Å². The fourth-order valence-electron chi connectivity index (χ4n) is 14.7. The summed E-state index contributed by atoms with van der Waals surface area (Å²) in [4.78, 5) is 13.1. The number of carboxylic acids is 1. The van der Waals surface area contributed by atoms with E-state index in [4.69, 9.17) is 4.43 Å². The van der Waals surface area contributed by atoms with Crippen molar-refractivity contribution in [3.63, 3.8) is 0 Å². The van der Waals surface area contributed by atoms with Crippen LogP contribution in [0.25, 0.3) is 0 Å². The predicted molar refractivity (Wildman–Crippen MR) is 187 cm³/mol. The van der Waals surface area contributed by atoms with Gasteiger partial charge in [-0.05, 0) is 153 Å². The van der Waals surface area contributed by atoms with Crippen LogP contribution in [-0.4, -0.2) is 25.7 Å². The molecule has 3 nitrogen and oxygen atoms in total. The maximum atomic E-state index is 13.1. The van der Waals surface area contributed by atoms with Gasteiger partial charge in [-0.15, -0.1) is 0 Å². The Balaban J connectivity index is 1.60. The zero-order valence-corrected chi connectivity index (χ0v) is 32.4. The third-order valence-corrected chi connectivity index (χ3v) is 16.9. The zero-order valence-electron chi connectivity index (χ0n) is 31.2. The average Bonchev–Trinajstić information content (AvgIpc) is 3.26. The van der Waals surface area contributed by atoms with E-state index in [9.17, 15) is 9.90 Å². The van der Waals surface area contributed by atoms with Crippen LogP contribution in [0.5, 0.6) is 0 Å². The maximum absolute atomic E-state index is 13.1. The number of hydrogen-bond acceptors (Lipinski definition) is 2. The van der Waals surface area contributed by atoms with Crippen molar-refractivity contribution in [3.8, 4) is 0 Å². The van der Waals surface area contributed by atoms with E-state index in [1.54, 1.807) is 0 Å². The minimum atomic E-state index is -1.30. The Hall–Kier alpha value is -0.613. The molecule has 0 amide bonds. The van der Waals surface area contributed by atoms with Crippen molar-refractivity contribution in [1.29, 1.82) is 0 Å². The number of carboxylic acid groups (broad SMARTS) is 1. The summed E-state index contributed by atoms with van der Waals surface area (Å²) < 4.78 is 7.46. The quantitative estimate of drug-likeness (QED) is 0.244. The van der Waals surface area contributed by atoms with Gasteiger partial charge in [-0.3, -0.25) is 4.79 Å². The summed E-state index contributed by atoms with van der Waals surface area (Å²) in [6.45, 7) is 36.9. The number of fused-ring (bicyclic) bond motifs is 7. The highest BCUT2D eigenvalue weighted by atomic mass is 28.3. The van der Waals surface area contributed by atoms with Gasteiger partial charge in [0.15, 0.2) is 9.04 Å². The first-order valence-electron chi connectivity index (χ1n) is 18.5. The highest BCUT2D eigenvalue weighted by Gasteiger charge is 2.74. The fourth-order valence-corrected chi connectivity index (χ4v) is 16.2. The topological polar surface area (TPSA) is 46.5 Å². The number of allylic oxidation sites excluding steroid dienone is 1. The third-order valence-electron chi connectivity index (χ3n) is 16.0. The van der Waals surface area contributed by atoms with Crippen molar-refractivity contribution >= 4 is 15.0 Å². The van der Waals surface area contributed by atoms with Gasteiger partial charge in [-0.2, -0.15) is 0 Å². The SMILES string of the molecule is C=C(C)[C@@H]1CC[C@]2(C(=O)O)CC[C@]3(C)[C@H](CC[C@@H]4[C@@]5(C)CCC(O[SiH](C)C)(C(C)(C)C)C(C)(CC(C)(C)C)[C@@H]5CC[C@]43C)[C@@H]12. The van der Waals surface area contributed by atoms with Gasteiger partial charge in [-0.1, -0.05) is 81.4 Å². The van der Waals surface area contributed by atoms with E-state index in [-0.39, 0.29) is 44.0 Å². The van der Waals surface area contributed by atoms with Gasteiger partial charge < -0.3 is 9.53 Å². The Morgan fingerprint density at radius 1 is 0.841 bits per heavy atom. The molecule has 4 heteroatoms. The van der Waals surface area contributed by atoms with E-state index in [0.29, 0.717) is 23.7 Å². The molecule has 0 aromatic heterocycles. The second-order valence-corrected chi connectivity index (χ2v) is 22.9. The first-order valence-corrected chi connectivity index (χ1v) is 21.3. The second kappa shape index (κ2) is 10.4. The molecule has 0 heterocycles. The van der Waals surface area contributed by atoms with E-state index >= 15 is 0 Å². The normalized spacial score (nSPS) is 49.1. The minimum Gasteiger partial charge on any atom is -0.481 e. The van der Waals surface area contributed by atoms with Crippen molar-refractivity contribution < 1.29 is 14.3 Å². The summed E-state index contributed by atoms with van der Waals surface area (Å²) in [7, 11) is -1.30. The van der Waals surface area contributed by atoms with Crippen molar-refractivity contribution in [1.82, 2.24) is 0 Å². The molecule has 1 N–H and O–H groups in total. The molecule has 5 aliphatic carbocycles. The van der Waals surface area contributed by atoms with Gasteiger partial charge in [0.1, 0.15) is 0 Å². The third kappa shape index (κ3) is 4.51. The molecule has 5 aliphatic rings. The molecule has 252 valence electrons. The number of rotatable bonds is 5. The second-order valence-electron chi connectivity index (χ2n) is 20.5. The lowest BCUT2D eigenvalue weighted by molar-refractivity contribution is -0.285. The van der Waals surface area contributed by atoms with Gasteiger partial charge in [0.25, 0.3) is 0 Å². The highest BCUT2D eigenvalue weighted by Crippen LogP contribution is 2.79. The van der Waals surface area contributed by atoms with Crippen molar-refractivity contribution in [2.45, 2.75) is 165 Å². The molecule has 2 unspecified atom stereocenters. The Morgan fingerprint density at radius 3 is 2.00 bits per heavy atom. The summed E-state index contributed by atoms with van der Waals surface area (Å²) in [5.41, 5.74) is 1.62. The Morgan fingerprint density at radius 2 is 1.48 bits per heavy atom. The highest BCUT2D eigenvalue weighted by molar-refractivity contribution is 6.48. The summed E-state index contributed by atoms with van der Waals surface area (Å²) in [5.74, 6) is 1.86. The molecule has 0 radical (unpaired) electrons. The van der Waals surface area contributed by atoms with E-state index in [1.165, 1.54) is 44.1 Å².